The van der Waals surface area contributed by atoms with Crippen LogP contribution in [0.5, 0.6) is 0 Å². The first-order valence-electron chi connectivity index (χ1n) is 7.13. The van der Waals surface area contributed by atoms with Crippen LogP contribution in [-0.2, 0) is 10.0 Å². The van der Waals surface area contributed by atoms with E-state index in [0.717, 1.165) is 25.7 Å². The third-order valence-electron chi connectivity index (χ3n) is 3.91. The highest BCUT2D eigenvalue weighted by Gasteiger charge is 2.36. The lowest BCUT2D eigenvalue weighted by Crippen LogP contribution is -2.34. The molecule has 0 spiro atoms. The number of anilines is 1. The summed E-state index contributed by atoms with van der Waals surface area (Å²) < 4.78 is 27.2. The molecular weight excluding hydrogens is 312 g/mol. The van der Waals surface area contributed by atoms with Gasteiger partial charge in [0.2, 0.25) is 10.0 Å². The fraction of sp³-hybridized carbons (Fsp3) is 0.615. The molecule has 116 valence electrons. The van der Waals surface area contributed by atoms with E-state index in [2.05, 4.69) is 10.4 Å². The Morgan fingerprint density at radius 1 is 1.29 bits per heavy atom. The second-order valence-corrected chi connectivity index (χ2v) is 8.20. The van der Waals surface area contributed by atoms with Crippen LogP contribution in [0.15, 0.2) is 17.2 Å². The Labute approximate surface area is 129 Å². The van der Waals surface area contributed by atoms with Crippen molar-refractivity contribution in [2.24, 2.45) is 17.7 Å². The van der Waals surface area contributed by atoms with E-state index in [0.29, 0.717) is 24.9 Å². The molecule has 1 heterocycles. The number of aromatic nitrogens is 1. The minimum atomic E-state index is -3.54. The molecule has 0 bridgehead atoms. The van der Waals surface area contributed by atoms with Crippen LogP contribution in [0, 0.1) is 11.8 Å². The van der Waals surface area contributed by atoms with E-state index in [4.69, 9.17) is 17.4 Å². The van der Waals surface area contributed by atoms with E-state index in [1.807, 2.05) is 0 Å². The van der Waals surface area contributed by atoms with Crippen LogP contribution in [0.4, 0.5) is 5.82 Å². The molecule has 0 amide bonds. The molecule has 3 rings (SSSR count). The van der Waals surface area contributed by atoms with E-state index in [9.17, 15) is 8.42 Å². The van der Waals surface area contributed by atoms with Gasteiger partial charge in [0.05, 0.1) is 5.02 Å². The molecule has 1 aromatic heterocycles. The Hall–Kier alpha value is -0.890. The Morgan fingerprint density at radius 2 is 1.86 bits per heavy atom. The highest BCUT2D eigenvalue weighted by atomic mass is 35.5. The van der Waals surface area contributed by atoms with Gasteiger partial charge in [-0.25, -0.2) is 19.2 Å². The predicted octanol–water partition coefficient (Wildman–Crippen LogP) is 1.83. The average molecular weight is 331 g/mol. The van der Waals surface area contributed by atoms with Crippen molar-refractivity contribution in [2.75, 3.05) is 18.5 Å². The zero-order chi connectivity index (χ0) is 15.0. The molecule has 0 atom stereocenters. The predicted molar refractivity (Wildman–Crippen MR) is 81.3 cm³/mol. The molecular formula is C13H19ClN4O2S. The van der Waals surface area contributed by atoms with Gasteiger partial charge >= 0.3 is 0 Å². The summed E-state index contributed by atoms with van der Waals surface area (Å²) >= 11 is 5.99. The standard InChI is InChI=1S/C13H19ClN4O2S/c14-12-5-11(6-16-13(12)17-15)21(19,20)18(7-9-1-2-9)8-10-3-4-10/h5-6,9-10H,1-4,7-8,15H2,(H,16,17). The summed E-state index contributed by atoms with van der Waals surface area (Å²) in [4.78, 5) is 4.09. The van der Waals surface area contributed by atoms with Crippen molar-refractivity contribution in [3.05, 3.63) is 17.3 Å². The highest BCUT2D eigenvalue weighted by Crippen LogP contribution is 2.36. The number of sulfonamides is 1. The summed E-state index contributed by atoms with van der Waals surface area (Å²) in [6.07, 6.45) is 5.78. The van der Waals surface area contributed by atoms with E-state index >= 15 is 0 Å². The molecule has 21 heavy (non-hydrogen) atoms. The highest BCUT2D eigenvalue weighted by molar-refractivity contribution is 7.89. The number of nitrogens with two attached hydrogens (primary N) is 1. The van der Waals surface area contributed by atoms with Crippen LogP contribution in [0.3, 0.4) is 0 Å². The molecule has 0 unspecified atom stereocenters. The summed E-state index contributed by atoms with van der Waals surface area (Å²) in [5.41, 5.74) is 2.34. The zero-order valence-corrected chi connectivity index (χ0v) is 13.2. The summed E-state index contributed by atoms with van der Waals surface area (Å²) in [6.45, 7) is 1.21. The average Bonchev–Trinajstić information content (AvgIpc) is 3.33. The minimum Gasteiger partial charge on any atom is -0.307 e. The molecule has 6 nitrogen and oxygen atoms in total. The Balaban J connectivity index is 1.86. The van der Waals surface area contributed by atoms with Gasteiger partial charge in [-0.3, -0.25) is 0 Å². The molecule has 1 aromatic rings. The lowest BCUT2D eigenvalue weighted by atomic mass is 10.4. The van der Waals surface area contributed by atoms with Gasteiger partial charge in [0, 0.05) is 19.3 Å². The van der Waals surface area contributed by atoms with Crippen molar-refractivity contribution in [2.45, 2.75) is 30.6 Å². The first kappa shape index (κ1) is 15.0. The first-order chi connectivity index (χ1) is 10.0. The van der Waals surface area contributed by atoms with Gasteiger partial charge in [0.15, 0.2) is 5.82 Å². The first-order valence-corrected chi connectivity index (χ1v) is 8.95. The number of hydrazine groups is 1. The molecule has 2 aliphatic rings. The number of hydrogen-bond donors (Lipinski definition) is 2. The van der Waals surface area contributed by atoms with Crippen molar-refractivity contribution >= 4 is 27.4 Å². The van der Waals surface area contributed by atoms with E-state index in [1.165, 1.54) is 12.3 Å². The second kappa shape index (κ2) is 5.72. The molecule has 0 radical (unpaired) electrons. The smallest absolute Gasteiger partial charge is 0.244 e. The lowest BCUT2D eigenvalue weighted by molar-refractivity contribution is 0.382. The number of nitrogens with one attached hydrogen (secondary N) is 1. The number of nitrogen functional groups attached to an aromatic ring is 1. The summed E-state index contributed by atoms with van der Waals surface area (Å²) in [7, 11) is -3.54. The van der Waals surface area contributed by atoms with Crippen LogP contribution in [-0.4, -0.2) is 30.8 Å². The van der Waals surface area contributed by atoms with Gasteiger partial charge in [-0.2, -0.15) is 4.31 Å². The van der Waals surface area contributed by atoms with E-state index < -0.39 is 10.0 Å². The fourth-order valence-corrected chi connectivity index (χ4v) is 4.11. The van der Waals surface area contributed by atoms with Gasteiger partial charge in [-0.15, -0.1) is 0 Å². The summed E-state index contributed by atoms with van der Waals surface area (Å²) in [5.74, 6) is 6.54. The van der Waals surface area contributed by atoms with Crippen LogP contribution in [0.1, 0.15) is 25.7 Å². The summed E-state index contributed by atoms with van der Waals surface area (Å²) in [6, 6.07) is 1.41. The van der Waals surface area contributed by atoms with Gasteiger partial charge in [0.1, 0.15) is 4.90 Å². The van der Waals surface area contributed by atoms with Crippen LogP contribution < -0.4 is 11.3 Å². The molecule has 2 saturated carbocycles. The number of halogens is 1. The SMILES string of the molecule is NNc1ncc(S(=O)(=O)N(CC2CC2)CC2CC2)cc1Cl. The van der Waals surface area contributed by atoms with Gasteiger partial charge in [0.25, 0.3) is 0 Å². The Bertz CT molecular complexity index is 615. The molecule has 2 fully saturated rings. The van der Waals surface area contributed by atoms with E-state index in [1.54, 1.807) is 4.31 Å². The van der Waals surface area contributed by atoms with Crippen molar-refractivity contribution in [1.29, 1.82) is 0 Å². The van der Waals surface area contributed by atoms with Crippen molar-refractivity contribution in [1.82, 2.24) is 9.29 Å². The monoisotopic (exact) mass is 330 g/mol. The Kier molecular flexibility index (Phi) is 4.09. The zero-order valence-electron chi connectivity index (χ0n) is 11.6. The fourth-order valence-electron chi connectivity index (χ4n) is 2.26. The van der Waals surface area contributed by atoms with E-state index in [-0.39, 0.29) is 15.7 Å². The van der Waals surface area contributed by atoms with Crippen molar-refractivity contribution in [3.8, 4) is 0 Å². The number of hydrogen-bond acceptors (Lipinski definition) is 5. The number of nitrogens with zero attached hydrogens (tertiary/aromatic N) is 2. The maximum atomic E-state index is 12.8. The second-order valence-electron chi connectivity index (χ2n) is 5.85. The van der Waals surface area contributed by atoms with Gasteiger partial charge < -0.3 is 5.43 Å². The van der Waals surface area contributed by atoms with Crippen LogP contribution >= 0.6 is 11.6 Å². The minimum absolute atomic E-state index is 0.132. The quantitative estimate of drug-likeness (QED) is 0.588. The van der Waals surface area contributed by atoms with Crippen LogP contribution in [0.2, 0.25) is 5.02 Å². The molecule has 0 saturated heterocycles. The number of pyridine rings is 1. The molecule has 8 heteroatoms. The van der Waals surface area contributed by atoms with Gasteiger partial charge in [-0.1, -0.05) is 11.6 Å². The topological polar surface area (TPSA) is 88.3 Å². The third kappa shape index (κ3) is 3.48. The molecule has 0 aliphatic heterocycles. The Morgan fingerprint density at radius 3 is 2.29 bits per heavy atom. The van der Waals surface area contributed by atoms with Gasteiger partial charge in [-0.05, 0) is 43.6 Å². The van der Waals surface area contributed by atoms with Crippen LogP contribution in [0.25, 0.3) is 0 Å². The number of rotatable bonds is 7. The van der Waals surface area contributed by atoms with Crippen molar-refractivity contribution in [3.63, 3.8) is 0 Å². The molecule has 3 N–H and O–H groups in total. The largest absolute Gasteiger partial charge is 0.307 e. The normalized spacial score (nSPS) is 19.0. The summed E-state index contributed by atoms with van der Waals surface area (Å²) in [5, 5.41) is 0.205. The third-order valence-corrected chi connectivity index (χ3v) is 5.99. The maximum Gasteiger partial charge on any atom is 0.244 e. The maximum absolute atomic E-state index is 12.8. The lowest BCUT2D eigenvalue weighted by Gasteiger charge is -2.22. The molecule has 2 aliphatic carbocycles. The van der Waals surface area contributed by atoms with Crippen molar-refractivity contribution < 1.29 is 8.42 Å². The molecule has 0 aromatic carbocycles.